The van der Waals surface area contributed by atoms with E-state index in [0.29, 0.717) is 16.5 Å². The van der Waals surface area contributed by atoms with Crippen molar-refractivity contribution in [2.45, 2.75) is 24.3 Å². The van der Waals surface area contributed by atoms with Gasteiger partial charge in [-0.05, 0) is 31.5 Å². The lowest BCUT2D eigenvalue weighted by molar-refractivity contribution is -0.115. The molecule has 112 valence electrons. The Morgan fingerprint density at radius 3 is 2.86 bits per heavy atom. The molecule has 0 radical (unpaired) electrons. The van der Waals surface area contributed by atoms with Crippen LogP contribution >= 0.6 is 11.8 Å². The molecule has 1 heterocycles. The van der Waals surface area contributed by atoms with Gasteiger partial charge in [-0.3, -0.25) is 9.36 Å². The fourth-order valence-electron chi connectivity index (χ4n) is 1.66. The predicted octanol–water partition coefficient (Wildman–Crippen LogP) is 1.12. The minimum atomic E-state index is -0.403. The Hall–Kier alpha value is -2.22. The van der Waals surface area contributed by atoms with E-state index < -0.39 is 5.25 Å². The van der Waals surface area contributed by atoms with E-state index in [4.69, 9.17) is 5.73 Å². The lowest BCUT2D eigenvalue weighted by Gasteiger charge is -2.13. The van der Waals surface area contributed by atoms with Gasteiger partial charge >= 0.3 is 5.69 Å². The summed E-state index contributed by atoms with van der Waals surface area (Å²) in [5.41, 5.74) is 7.61. The zero-order valence-electron chi connectivity index (χ0n) is 12.0. The Kier molecular flexibility index (Phi) is 4.37. The first-order chi connectivity index (χ1) is 9.88. The summed E-state index contributed by atoms with van der Waals surface area (Å²) in [6.07, 6.45) is 0. The van der Waals surface area contributed by atoms with Crippen molar-refractivity contribution in [1.82, 2.24) is 14.8 Å². The Labute approximate surface area is 125 Å². The Balaban J connectivity index is 2.07. The van der Waals surface area contributed by atoms with Crippen molar-refractivity contribution in [1.29, 1.82) is 0 Å². The Morgan fingerprint density at radius 1 is 1.52 bits per heavy atom. The summed E-state index contributed by atoms with van der Waals surface area (Å²) in [6.45, 7) is 3.64. The van der Waals surface area contributed by atoms with Crippen LogP contribution in [-0.2, 0) is 11.8 Å². The molecule has 21 heavy (non-hydrogen) atoms. The molecule has 0 fully saturated rings. The number of thioether (sulfide) groups is 1. The molecule has 8 heteroatoms. The van der Waals surface area contributed by atoms with E-state index in [0.717, 1.165) is 5.56 Å². The molecule has 0 aliphatic heterocycles. The molecule has 0 bridgehead atoms. The monoisotopic (exact) mass is 307 g/mol. The third-order valence-electron chi connectivity index (χ3n) is 3.01. The Bertz CT molecular complexity index is 722. The molecule has 1 atom stereocenters. The summed E-state index contributed by atoms with van der Waals surface area (Å²) >= 11 is 1.21. The van der Waals surface area contributed by atoms with Crippen LogP contribution in [0.15, 0.2) is 28.2 Å². The maximum Gasteiger partial charge on any atom is 0.343 e. The average molecular weight is 307 g/mol. The summed E-state index contributed by atoms with van der Waals surface area (Å²) in [4.78, 5) is 23.5. The standard InChI is InChI=1S/C13H17N5O2S/c1-7-4-5-9(14)6-10(7)15-11(19)8(2)21-13-17-16-12(20)18(13)3/h4-6,8H,14H2,1-3H3,(H,15,19)(H,16,20). The number of aromatic nitrogens is 3. The molecular formula is C13H17N5O2S. The number of anilines is 2. The molecule has 2 rings (SSSR count). The number of carbonyl (C=O) groups excluding carboxylic acids is 1. The number of nitrogens with one attached hydrogen (secondary N) is 2. The number of nitrogen functional groups attached to an aromatic ring is 1. The zero-order valence-corrected chi connectivity index (χ0v) is 12.8. The number of carbonyl (C=O) groups is 1. The van der Waals surface area contributed by atoms with Gasteiger partial charge in [0.2, 0.25) is 5.91 Å². The van der Waals surface area contributed by atoms with Gasteiger partial charge in [0.25, 0.3) is 0 Å². The van der Waals surface area contributed by atoms with Gasteiger partial charge in [-0.25, -0.2) is 9.89 Å². The topological polar surface area (TPSA) is 106 Å². The summed E-state index contributed by atoms with van der Waals surface area (Å²) in [6, 6.07) is 5.34. The number of nitrogens with two attached hydrogens (primary N) is 1. The third-order valence-corrected chi connectivity index (χ3v) is 4.15. The maximum absolute atomic E-state index is 12.2. The summed E-state index contributed by atoms with van der Waals surface area (Å²) in [7, 11) is 1.60. The molecule has 0 aliphatic rings. The van der Waals surface area contributed by atoms with Gasteiger partial charge in [0, 0.05) is 18.4 Å². The molecule has 4 N–H and O–H groups in total. The first-order valence-corrected chi connectivity index (χ1v) is 7.21. The van der Waals surface area contributed by atoms with Gasteiger partial charge in [0.1, 0.15) is 0 Å². The molecule has 1 amide bonds. The number of benzene rings is 1. The molecule has 0 saturated heterocycles. The van der Waals surface area contributed by atoms with Crippen LogP contribution < -0.4 is 16.7 Å². The van der Waals surface area contributed by atoms with E-state index in [9.17, 15) is 9.59 Å². The van der Waals surface area contributed by atoms with Crippen molar-refractivity contribution in [3.05, 3.63) is 34.2 Å². The van der Waals surface area contributed by atoms with Crippen LogP contribution in [0.1, 0.15) is 12.5 Å². The number of H-pyrrole nitrogens is 1. The van der Waals surface area contributed by atoms with Gasteiger partial charge < -0.3 is 11.1 Å². The lowest BCUT2D eigenvalue weighted by atomic mass is 10.2. The summed E-state index contributed by atoms with van der Waals surface area (Å²) in [5.74, 6) is -0.177. The van der Waals surface area contributed by atoms with Gasteiger partial charge in [-0.15, -0.1) is 5.10 Å². The second-order valence-corrected chi connectivity index (χ2v) is 6.00. The fourth-order valence-corrected chi connectivity index (χ4v) is 2.48. The normalized spacial score (nSPS) is 12.1. The third kappa shape index (κ3) is 3.46. The number of amides is 1. The maximum atomic E-state index is 12.2. The molecule has 2 aromatic rings. The highest BCUT2D eigenvalue weighted by atomic mass is 32.2. The van der Waals surface area contributed by atoms with Gasteiger partial charge in [-0.2, -0.15) is 0 Å². The molecule has 0 saturated carbocycles. The molecule has 1 aromatic heterocycles. The van der Waals surface area contributed by atoms with Crippen LogP contribution in [0, 0.1) is 6.92 Å². The Morgan fingerprint density at radius 2 is 2.24 bits per heavy atom. The first kappa shape index (κ1) is 15.2. The van der Waals surface area contributed by atoms with Crippen molar-refractivity contribution in [3.63, 3.8) is 0 Å². The molecule has 0 spiro atoms. The first-order valence-electron chi connectivity index (χ1n) is 6.33. The van der Waals surface area contributed by atoms with E-state index in [1.807, 2.05) is 13.0 Å². The van der Waals surface area contributed by atoms with Crippen LogP contribution in [0.2, 0.25) is 0 Å². The van der Waals surface area contributed by atoms with Crippen LogP contribution in [0.5, 0.6) is 0 Å². The summed E-state index contributed by atoms with van der Waals surface area (Å²) in [5, 5.41) is 9.09. The molecule has 0 aliphatic carbocycles. The van der Waals surface area contributed by atoms with Crippen LogP contribution in [-0.4, -0.2) is 25.9 Å². The molecule has 1 aromatic carbocycles. The van der Waals surface area contributed by atoms with E-state index in [2.05, 4.69) is 15.5 Å². The van der Waals surface area contributed by atoms with E-state index in [-0.39, 0.29) is 11.6 Å². The predicted molar refractivity (Wildman–Crippen MR) is 83.4 cm³/mol. The fraction of sp³-hybridized carbons (Fsp3) is 0.308. The van der Waals surface area contributed by atoms with Crippen LogP contribution in [0.4, 0.5) is 11.4 Å². The average Bonchev–Trinajstić information content (AvgIpc) is 2.74. The number of nitrogens with zero attached hydrogens (tertiary/aromatic N) is 2. The minimum absolute atomic E-state index is 0.177. The van der Waals surface area contributed by atoms with Crippen molar-refractivity contribution < 1.29 is 4.79 Å². The largest absolute Gasteiger partial charge is 0.399 e. The number of rotatable bonds is 4. The lowest BCUT2D eigenvalue weighted by Crippen LogP contribution is -2.23. The minimum Gasteiger partial charge on any atom is -0.399 e. The van der Waals surface area contributed by atoms with Gasteiger partial charge in [0.15, 0.2) is 5.16 Å². The number of aryl methyl sites for hydroxylation is 1. The van der Waals surface area contributed by atoms with Crippen LogP contribution in [0.3, 0.4) is 0 Å². The highest BCUT2D eigenvalue weighted by molar-refractivity contribution is 8.00. The van der Waals surface area contributed by atoms with Crippen molar-refractivity contribution in [2.24, 2.45) is 7.05 Å². The number of hydrogen-bond donors (Lipinski definition) is 3. The van der Waals surface area contributed by atoms with E-state index in [1.165, 1.54) is 16.3 Å². The zero-order chi connectivity index (χ0) is 15.6. The molecular weight excluding hydrogens is 290 g/mol. The number of hydrogen-bond acceptors (Lipinski definition) is 5. The quantitative estimate of drug-likeness (QED) is 0.580. The van der Waals surface area contributed by atoms with Gasteiger partial charge in [-0.1, -0.05) is 17.8 Å². The molecule has 1 unspecified atom stereocenters. The summed E-state index contributed by atoms with van der Waals surface area (Å²) < 4.78 is 1.36. The molecule has 7 nitrogen and oxygen atoms in total. The van der Waals surface area contributed by atoms with Crippen LogP contribution in [0.25, 0.3) is 0 Å². The highest BCUT2D eigenvalue weighted by Gasteiger charge is 2.18. The smallest absolute Gasteiger partial charge is 0.343 e. The van der Waals surface area contributed by atoms with E-state index in [1.54, 1.807) is 26.1 Å². The highest BCUT2D eigenvalue weighted by Crippen LogP contribution is 2.23. The second kappa shape index (κ2) is 6.04. The number of aromatic amines is 1. The van der Waals surface area contributed by atoms with Crippen molar-refractivity contribution in [2.75, 3.05) is 11.1 Å². The van der Waals surface area contributed by atoms with E-state index >= 15 is 0 Å². The van der Waals surface area contributed by atoms with Crippen molar-refractivity contribution >= 4 is 29.0 Å². The van der Waals surface area contributed by atoms with Gasteiger partial charge in [0.05, 0.1) is 5.25 Å². The van der Waals surface area contributed by atoms with Crippen molar-refractivity contribution in [3.8, 4) is 0 Å². The second-order valence-electron chi connectivity index (χ2n) is 4.69. The SMILES string of the molecule is Cc1ccc(N)cc1NC(=O)C(C)Sc1n[nH]c(=O)n1C.